The molecule has 0 aliphatic heterocycles. The van der Waals surface area contributed by atoms with Crippen molar-refractivity contribution in [1.82, 2.24) is 9.55 Å². The van der Waals surface area contributed by atoms with Crippen LogP contribution in [-0.4, -0.2) is 16.1 Å². The van der Waals surface area contributed by atoms with Crippen molar-refractivity contribution in [2.45, 2.75) is 13.3 Å². The van der Waals surface area contributed by atoms with Gasteiger partial charge in [0.1, 0.15) is 5.82 Å². The number of aromatic nitrogens is 2. The van der Waals surface area contributed by atoms with Gasteiger partial charge in [0.15, 0.2) is 0 Å². The molecule has 0 saturated carbocycles. The van der Waals surface area contributed by atoms with Crippen molar-refractivity contribution < 1.29 is 0 Å². The second-order valence-corrected chi connectivity index (χ2v) is 5.65. The molecule has 1 N–H and O–H groups in total. The van der Waals surface area contributed by atoms with Crippen LogP contribution in [0.15, 0.2) is 42.5 Å². The van der Waals surface area contributed by atoms with Crippen LogP contribution in [0, 0.1) is 6.92 Å². The van der Waals surface area contributed by atoms with E-state index in [1.54, 1.807) is 0 Å². The maximum atomic E-state index is 6.05. The zero-order chi connectivity index (χ0) is 14.8. The molecule has 2 aromatic carbocycles. The molecular weight excluding hydrogens is 282 g/mol. The highest BCUT2D eigenvalue weighted by Crippen LogP contribution is 2.20. The highest BCUT2D eigenvalue weighted by atomic mass is 35.5. The van der Waals surface area contributed by atoms with Gasteiger partial charge in [-0.1, -0.05) is 29.8 Å². The Morgan fingerprint density at radius 3 is 2.81 bits per heavy atom. The summed E-state index contributed by atoms with van der Waals surface area (Å²) in [7, 11) is 2.04. The van der Waals surface area contributed by atoms with E-state index < -0.39 is 0 Å². The molecule has 0 aliphatic carbocycles. The number of anilines is 1. The average Bonchev–Trinajstić information content (AvgIpc) is 2.78. The lowest BCUT2D eigenvalue weighted by atomic mass is 10.2. The molecule has 0 radical (unpaired) electrons. The number of halogens is 1. The molecule has 108 valence electrons. The van der Waals surface area contributed by atoms with Crippen LogP contribution in [0.2, 0.25) is 5.02 Å². The molecule has 1 aromatic heterocycles. The summed E-state index contributed by atoms with van der Waals surface area (Å²) in [4.78, 5) is 4.67. The molecule has 21 heavy (non-hydrogen) atoms. The molecule has 4 heteroatoms. The molecule has 0 aliphatic rings. The summed E-state index contributed by atoms with van der Waals surface area (Å²) >= 11 is 6.05. The first-order chi connectivity index (χ1) is 10.1. The number of nitrogens with one attached hydrogen (secondary N) is 1. The van der Waals surface area contributed by atoms with Crippen molar-refractivity contribution in [3.8, 4) is 0 Å². The summed E-state index contributed by atoms with van der Waals surface area (Å²) < 4.78 is 2.11. The summed E-state index contributed by atoms with van der Waals surface area (Å²) in [5, 5.41) is 4.21. The summed E-state index contributed by atoms with van der Waals surface area (Å²) in [5.74, 6) is 1.06. The van der Waals surface area contributed by atoms with Crippen molar-refractivity contribution in [2.75, 3.05) is 11.9 Å². The van der Waals surface area contributed by atoms with Gasteiger partial charge in [0, 0.05) is 30.7 Å². The fourth-order valence-electron chi connectivity index (χ4n) is 2.52. The third-order valence-corrected chi connectivity index (χ3v) is 3.98. The van der Waals surface area contributed by atoms with Crippen LogP contribution in [0.5, 0.6) is 0 Å². The standard InChI is InChI=1S/C17H18ClN3/c1-12-5-3-4-6-14(12)19-10-9-17-20-15-8-7-13(18)11-16(15)21(17)2/h3-8,11,19H,9-10H2,1-2H3. The first-order valence-corrected chi connectivity index (χ1v) is 7.43. The smallest absolute Gasteiger partial charge is 0.111 e. The number of para-hydroxylation sites is 1. The Morgan fingerprint density at radius 1 is 1.19 bits per heavy atom. The van der Waals surface area contributed by atoms with Crippen LogP contribution in [0.3, 0.4) is 0 Å². The van der Waals surface area contributed by atoms with Crippen molar-refractivity contribution in [3.05, 3.63) is 58.9 Å². The van der Waals surface area contributed by atoms with Gasteiger partial charge in [0.05, 0.1) is 11.0 Å². The van der Waals surface area contributed by atoms with E-state index in [-0.39, 0.29) is 0 Å². The molecule has 3 aromatic rings. The molecule has 0 bridgehead atoms. The van der Waals surface area contributed by atoms with E-state index in [4.69, 9.17) is 11.6 Å². The normalized spacial score (nSPS) is 11.0. The Hall–Kier alpha value is -2.00. The van der Waals surface area contributed by atoms with Gasteiger partial charge in [0.2, 0.25) is 0 Å². The van der Waals surface area contributed by atoms with Gasteiger partial charge in [-0.2, -0.15) is 0 Å². The number of benzene rings is 2. The second kappa shape index (κ2) is 5.78. The predicted octanol–water partition coefficient (Wildman–Crippen LogP) is 4.19. The average molecular weight is 300 g/mol. The van der Waals surface area contributed by atoms with E-state index in [0.29, 0.717) is 0 Å². The molecule has 0 saturated heterocycles. The van der Waals surface area contributed by atoms with Gasteiger partial charge in [-0.3, -0.25) is 0 Å². The topological polar surface area (TPSA) is 29.9 Å². The summed E-state index contributed by atoms with van der Waals surface area (Å²) in [6.07, 6.45) is 0.872. The Kier molecular flexibility index (Phi) is 3.84. The first-order valence-electron chi connectivity index (χ1n) is 7.05. The van der Waals surface area contributed by atoms with Crippen LogP contribution in [-0.2, 0) is 13.5 Å². The van der Waals surface area contributed by atoms with Gasteiger partial charge < -0.3 is 9.88 Å². The third kappa shape index (κ3) is 2.88. The largest absolute Gasteiger partial charge is 0.384 e. The zero-order valence-corrected chi connectivity index (χ0v) is 13.0. The number of imidazole rings is 1. The van der Waals surface area contributed by atoms with Gasteiger partial charge in [-0.05, 0) is 36.8 Å². The third-order valence-electron chi connectivity index (χ3n) is 3.74. The maximum absolute atomic E-state index is 6.05. The molecular formula is C17H18ClN3. The second-order valence-electron chi connectivity index (χ2n) is 5.21. The van der Waals surface area contributed by atoms with Crippen LogP contribution < -0.4 is 5.32 Å². The SMILES string of the molecule is Cc1ccccc1NCCc1nc2ccc(Cl)cc2n1C. The molecule has 1 heterocycles. The lowest BCUT2D eigenvalue weighted by Gasteiger charge is -2.09. The highest BCUT2D eigenvalue weighted by molar-refractivity contribution is 6.31. The van der Waals surface area contributed by atoms with Crippen molar-refractivity contribution in [2.24, 2.45) is 7.05 Å². The Balaban J connectivity index is 1.74. The molecule has 0 spiro atoms. The number of nitrogens with zero attached hydrogens (tertiary/aromatic N) is 2. The maximum Gasteiger partial charge on any atom is 0.111 e. The van der Waals surface area contributed by atoms with E-state index >= 15 is 0 Å². The van der Waals surface area contributed by atoms with Crippen LogP contribution in [0.4, 0.5) is 5.69 Å². The Bertz CT molecular complexity index is 777. The molecule has 0 unspecified atom stereocenters. The Morgan fingerprint density at radius 2 is 2.00 bits per heavy atom. The fraction of sp³-hybridized carbons (Fsp3) is 0.235. The van der Waals surface area contributed by atoms with E-state index in [1.165, 1.54) is 11.3 Å². The molecule has 0 fully saturated rings. The summed E-state index contributed by atoms with van der Waals surface area (Å²) in [6, 6.07) is 14.1. The van der Waals surface area contributed by atoms with E-state index in [9.17, 15) is 0 Å². The van der Waals surface area contributed by atoms with E-state index in [0.717, 1.165) is 34.8 Å². The number of hydrogen-bond acceptors (Lipinski definition) is 2. The number of rotatable bonds is 4. The van der Waals surface area contributed by atoms with Crippen LogP contribution in [0.1, 0.15) is 11.4 Å². The minimum absolute atomic E-state index is 0.745. The van der Waals surface area contributed by atoms with Crippen LogP contribution >= 0.6 is 11.6 Å². The monoisotopic (exact) mass is 299 g/mol. The summed E-state index contributed by atoms with van der Waals surface area (Å²) in [6.45, 7) is 2.97. The predicted molar refractivity (Wildman–Crippen MR) is 89.1 cm³/mol. The zero-order valence-electron chi connectivity index (χ0n) is 12.2. The van der Waals surface area contributed by atoms with E-state index in [2.05, 4.69) is 40.0 Å². The number of aryl methyl sites for hydroxylation is 2. The Labute approximate surface area is 129 Å². The number of fused-ring (bicyclic) bond motifs is 1. The lowest BCUT2D eigenvalue weighted by molar-refractivity contribution is 0.807. The first kappa shape index (κ1) is 14.0. The number of hydrogen-bond donors (Lipinski definition) is 1. The minimum Gasteiger partial charge on any atom is -0.384 e. The molecule has 3 nitrogen and oxygen atoms in total. The fourth-order valence-corrected chi connectivity index (χ4v) is 2.68. The lowest BCUT2D eigenvalue weighted by Crippen LogP contribution is -2.09. The van der Waals surface area contributed by atoms with Gasteiger partial charge in [-0.25, -0.2) is 4.98 Å². The van der Waals surface area contributed by atoms with Gasteiger partial charge in [0.25, 0.3) is 0 Å². The van der Waals surface area contributed by atoms with Crippen LogP contribution in [0.25, 0.3) is 11.0 Å². The van der Waals surface area contributed by atoms with Crippen molar-refractivity contribution in [1.29, 1.82) is 0 Å². The van der Waals surface area contributed by atoms with Gasteiger partial charge >= 0.3 is 0 Å². The highest BCUT2D eigenvalue weighted by Gasteiger charge is 2.08. The summed E-state index contributed by atoms with van der Waals surface area (Å²) in [5.41, 5.74) is 4.51. The minimum atomic E-state index is 0.745. The van der Waals surface area contributed by atoms with Crippen molar-refractivity contribution in [3.63, 3.8) is 0 Å². The van der Waals surface area contributed by atoms with E-state index in [1.807, 2.05) is 31.3 Å². The molecule has 3 rings (SSSR count). The molecule has 0 amide bonds. The van der Waals surface area contributed by atoms with Gasteiger partial charge in [-0.15, -0.1) is 0 Å². The van der Waals surface area contributed by atoms with Crippen molar-refractivity contribution >= 4 is 28.3 Å². The quantitative estimate of drug-likeness (QED) is 0.783. The molecule has 0 atom stereocenters.